The lowest BCUT2D eigenvalue weighted by Crippen LogP contribution is -2.35. The van der Waals surface area contributed by atoms with E-state index in [0.717, 1.165) is 0 Å². The largest absolute Gasteiger partial charge is 0.474 e. The van der Waals surface area contributed by atoms with Gasteiger partial charge in [0.15, 0.2) is 15.7 Å². The highest BCUT2D eigenvalue weighted by molar-refractivity contribution is 7.91. The van der Waals surface area contributed by atoms with E-state index < -0.39 is 27.4 Å². The van der Waals surface area contributed by atoms with Gasteiger partial charge in [-0.1, -0.05) is 12.1 Å². The number of hydrogen-bond acceptors (Lipinski definition) is 10. The van der Waals surface area contributed by atoms with Crippen LogP contribution < -0.4 is 16.0 Å². The van der Waals surface area contributed by atoms with Gasteiger partial charge in [0.2, 0.25) is 5.88 Å². The standard InChI is InChI=1S/C21H25N5O6S/c1-21(2,28)12-31-26-19(27)16-17(23)24-18(14-5-3-4-13(10-14)11-22)25-20(16)32-15-6-8-33(29,30)9-7-15/h3-5,10,15,28H,6-9,12H2,1-2H3,(H,26,27)(H2,23,24,25). The van der Waals surface area contributed by atoms with Crippen molar-refractivity contribution < 1.29 is 27.9 Å². The summed E-state index contributed by atoms with van der Waals surface area (Å²) in [4.78, 5) is 26.4. The van der Waals surface area contributed by atoms with E-state index in [1.165, 1.54) is 13.8 Å². The molecule has 0 spiro atoms. The maximum absolute atomic E-state index is 12.8. The van der Waals surface area contributed by atoms with Gasteiger partial charge in [0.05, 0.1) is 28.7 Å². The Balaban J connectivity index is 1.94. The smallest absolute Gasteiger partial charge is 0.284 e. The van der Waals surface area contributed by atoms with Crippen molar-refractivity contribution in [1.29, 1.82) is 5.26 Å². The molecule has 1 aliphatic rings. The number of nitrogen functional groups attached to an aromatic ring is 1. The van der Waals surface area contributed by atoms with Crippen LogP contribution in [-0.4, -0.2) is 59.2 Å². The van der Waals surface area contributed by atoms with Crippen LogP contribution in [0.15, 0.2) is 24.3 Å². The molecule has 3 rings (SSSR count). The van der Waals surface area contributed by atoms with E-state index in [0.29, 0.717) is 11.1 Å². The number of aliphatic hydroxyl groups is 1. The number of carbonyl (C=O) groups excluding carboxylic acids is 1. The molecule has 0 saturated carbocycles. The van der Waals surface area contributed by atoms with Crippen LogP contribution in [0, 0.1) is 11.3 Å². The Morgan fingerprint density at radius 3 is 2.67 bits per heavy atom. The van der Waals surface area contributed by atoms with Crippen molar-refractivity contribution in [3.05, 3.63) is 35.4 Å². The number of nitrogens with one attached hydrogen (secondary N) is 1. The van der Waals surface area contributed by atoms with E-state index in [4.69, 9.17) is 20.6 Å². The molecule has 0 unspecified atom stereocenters. The van der Waals surface area contributed by atoms with Crippen LogP contribution >= 0.6 is 0 Å². The quantitative estimate of drug-likeness (QED) is 0.489. The van der Waals surface area contributed by atoms with Gasteiger partial charge < -0.3 is 15.6 Å². The number of carbonyl (C=O) groups is 1. The van der Waals surface area contributed by atoms with E-state index in [1.54, 1.807) is 24.3 Å². The first-order chi connectivity index (χ1) is 15.5. The van der Waals surface area contributed by atoms with E-state index in [1.807, 2.05) is 6.07 Å². The minimum atomic E-state index is -3.12. The van der Waals surface area contributed by atoms with Crippen LogP contribution in [0.2, 0.25) is 0 Å². The lowest BCUT2D eigenvalue weighted by molar-refractivity contribution is -0.0523. The number of amides is 1. The number of sulfone groups is 1. The average molecular weight is 476 g/mol. The number of hydrogen-bond donors (Lipinski definition) is 3. The highest BCUT2D eigenvalue weighted by Gasteiger charge is 2.29. The minimum Gasteiger partial charge on any atom is -0.474 e. The number of nitriles is 1. The topological polar surface area (TPSA) is 178 Å². The van der Waals surface area contributed by atoms with Crippen molar-refractivity contribution in [3.8, 4) is 23.3 Å². The molecule has 1 aromatic carbocycles. The van der Waals surface area contributed by atoms with Crippen LogP contribution in [0.4, 0.5) is 5.82 Å². The van der Waals surface area contributed by atoms with Crippen LogP contribution in [0.3, 0.4) is 0 Å². The second-order valence-corrected chi connectivity index (χ2v) is 10.6. The molecule has 1 amide bonds. The van der Waals surface area contributed by atoms with Crippen LogP contribution in [-0.2, 0) is 14.7 Å². The summed E-state index contributed by atoms with van der Waals surface area (Å²) in [6.07, 6.45) is -0.0197. The molecule has 2 heterocycles. The molecule has 1 saturated heterocycles. The molecule has 4 N–H and O–H groups in total. The Bertz CT molecular complexity index is 1170. The lowest BCUT2D eigenvalue weighted by atomic mass is 10.1. The third kappa shape index (κ3) is 6.61. The summed E-state index contributed by atoms with van der Waals surface area (Å²) in [6.45, 7) is 2.83. The Kier molecular flexibility index (Phi) is 7.16. The summed E-state index contributed by atoms with van der Waals surface area (Å²) in [5.41, 5.74) is 7.78. The first-order valence-corrected chi connectivity index (χ1v) is 12.0. The average Bonchev–Trinajstić information content (AvgIpc) is 2.74. The molecule has 0 aliphatic carbocycles. The predicted octanol–water partition coefficient (Wildman–Crippen LogP) is 0.986. The predicted molar refractivity (Wildman–Crippen MR) is 119 cm³/mol. The van der Waals surface area contributed by atoms with E-state index in [-0.39, 0.29) is 54.0 Å². The van der Waals surface area contributed by atoms with Crippen LogP contribution in [0.25, 0.3) is 11.4 Å². The molecule has 12 heteroatoms. The number of benzene rings is 1. The third-order valence-electron chi connectivity index (χ3n) is 4.75. The highest BCUT2D eigenvalue weighted by Crippen LogP contribution is 2.29. The Morgan fingerprint density at radius 1 is 1.33 bits per heavy atom. The maximum Gasteiger partial charge on any atom is 0.284 e. The first-order valence-electron chi connectivity index (χ1n) is 10.2. The number of ether oxygens (including phenoxy) is 1. The number of aromatic nitrogens is 2. The molecule has 176 valence electrons. The number of hydroxylamine groups is 1. The summed E-state index contributed by atoms with van der Waals surface area (Å²) in [5, 5.41) is 18.9. The molecule has 0 radical (unpaired) electrons. The molecule has 33 heavy (non-hydrogen) atoms. The van der Waals surface area contributed by atoms with Gasteiger partial charge in [0.1, 0.15) is 24.1 Å². The van der Waals surface area contributed by atoms with E-state index >= 15 is 0 Å². The second kappa shape index (κ2) is 9.70. The van der Waals surface area contributed by atoms with Gasteiger partial charge in [-0.25, -0.2) is 18.9 Å². The SMILES string of the molecule is CC(C)(O)CONC(=O)c1c(N)nc(-c2cccc(C#N)c2)nc1OC1CCS(=O)(=O)CC1. The molecule has 11 nitrogen and oxygen atoms in total. The minimum absolute atomic E-state index is 0.0362. The summed E-state index contributed by atoms with van der Waals surface area (Å²) in [6, 6.07) is 8.55. The summed E-state index contributed by atoms with van der Waals surface area (Å²) < 4.78 is 29.4. The van der Waals surface area contributed by atoms with E-state index in [2.05, 4.69) is 15.4 Å². The van der Waals surface area contributed by atoms with Crippen molar-refractivity contribution in [2.75, 3.05) is 23.8 Å². The zero-order chi connectivity index (χ0) is 24.2. The van der Waals surface area contributed by atoms with Gasteiger partial charge in [-0.05, 0) is 38.8 Å². The fraction of sp³-hybridized carbons (Fsp3) is 0.429. The number of nitrogens with two attached hydrogens (primary N) is 1. The van der Waals surface area contributed by atoms with Gasteiger partial charge in [0, 0.05) is 5.56 Å². The maximum atomic E-state index is 12.8. The molecule has 0 atom stereocenters. The zero-order valence-electron chi connectivity index (χ0n) is 18.2. The number of nitrogens with zero attached hydrogens (tertiary/aromatic N) is 3. The van der Waals surface area contributed by atoms with Crippen molar-refractivity contribution in [1.82, 2.24) is 15.4 Å². The van der Waals surface area contributed by atoms with Crippen molar-refractivity contribution in [3.63, 3.8) is 0 Å². The molecular formula is C21H25N5O6S. The Hall–Kier alpha value is -3.27. The molecule has 1 aliphatic heterocycles. The molecule has 0 bridgehead atoms. The van der Waals surface area contributed by atoms with Crippen LogP contribution in [0.1, 0.15) is 42.6 Å². The normalized spacial score (nSPS) is 16.1. The van der Waals surface area contributed by atoms with Gasteiger partial charge in [0.25, 0.3) is 5.91 Å². The van der Waals surface area contributed by atoms with Gasteiger partial charge in [-0.3, -0.25) is 9.63 Å². The molecule has 1 fully saturated rings. The fourth-order valence-electron chi connectivity index (χ4n) is 3.09. The summed E-state index contributed by atoms with van der Waals surface area (Å²) >= 11 is 0. The fourth-order valence-corrected chi connectivity index (χ4v) is 4.53. The Morgan fingerprint density at radius 2 is 2.03 bits per heavy atom. The number of anilines is 1. The second-order valence-electron chi connectivity index (χ2n) is 8.31. The monoisotopic (exact) mass is 475 g/mol. The van der Waals surface area contributed by atoms with Crippen molar-refractivity contribution in [2.45, 2.75) is 38.4 Å². The Labute approximate surface area is 191 Å². The number of rotatable bonds is 7. The van der Waals surface area contributed by atoms with Gasteiger partial charge in [-0.2, -0.15) is 10.2 Å². The van der Waals surface area contributed by atoms with E-state index in [9.17, 15) is 18.3 Å². The zero-order valence-corrected chi connectivity index (χ0v) is 19.1. The summed E-state index contributed by atoms with van der Waals surface area (Å²) in [7, 11) is -3.12. The molecular weight excluding hydrogens is 450 g/mol. The first kappa shape index (κ1) is 24.4. The third-order valence-corrected chi connectivity index (χ3v) is 6.47. The van der Waals surface area contributed by atoms with Gasteiger partial charge in [-0.15, -0.1) is 0 Å². The lowest BCUT2D eigenvalue weighted by Gasteiger charge is -2.24. The molecule has 2 aromatic rings. The van der Waals surface area contributed by atoms with Crippen LogP contribution in [0.5, 0.6) is 5.88 Å². The summed E-state index contributed by atoms with van der Waals surface area (Å²) in [5.74, 6) is -1.04. The highest BCUT2D eigenvalue weighted by atomic mass is 32.2. The van der Waals surface area contributed by atoms with Crippen molar-refractivity contribution >= 4 is 21.6 Å². The van der Waals surface area contributed by atoms with Gasteiger partial charge >= 0.3 is 0 Å². The molecule has 1 aromatic heterocycles. The van der Waals surface area contributed by atoms with Crippen molar-refractivity contribution in [2.24, 2.45) is 0 Å².